The van der Waals surface area contributed by atoms with Crippen LogP contribution in [0.5, 0.6) is 5.75 Å². The second-order valence-corrected chi connectivity index (χ2v) is 6.44. The van der Waals surface area contributed by atoms with E-state index in [1.807, 2.05) is 49.4 Å². The van der Waals surface area contributed by atoms with Crippen molar-refractivity contribution in [3.63, 3.8) is 0 Å². The molecule has 2 aromatic carbocycles. The number of amides is 1. The van der Waals surface area contributed by atoms with Crippen molar-refractivity contribution in [2.75, 3.05) is 11.9 Å². The standard InChI is InChI=1S/C19H20INO2/c1-3-12-23-17-8-4-15(5-9-17)6-11-19(22)21-18-10-7-16(20)13-14(18)2/h4-11,13H,3,12H2,1-2H3,(H,21,22). The van der Waals surface area contributed by atoms with Gasteiger partial charge in [0.25, 0.3) is 0 Å². The van der Waals surface area contributed by atoms with Crippen molar-refractivity contribution in [1.29, 1.82) is 0 Å². The number of hydrogen-bond acceptors (Lipinski definition) is 2. The highest BCUT2D eigenvalue weighted by atomic mass is 127. The van der Waals surface area contributed by atoms with E-state index in [1.165, 1.54) is 0 Å². The summed E-state index contributed by atoms with van der Waals surface area (Å²) in [5, 5.41) is 2.89. The van der Waals surface area contributed by atoms with Gasteiger partial charge in [-0.1, -0.05) is 19.1 Å². The molecular formula is C19H20INO2. The Morgan fingerprint density at radius 3 is 2.61 bits per heavy atom. The van der Waals surface area contributed by atoms with Crippen LogP contribution < -0.4 is 10.1 Å². The van der Waals surface area contributed by atoms with E-state index >= 15 is 0 Å². The van der Waals surface area contributed by atoms with Gasteiger partial charge in [-0.25, -0.2) is 0 Å². The molecule has 0 atom stereocenters. The molecule has 0 aromatic heterocycles. The lowest BCUT2D eigenvalue weighted by Crippen LogP contribution is -2.08. The lowest BCUT2D eigenvalue weighted by Gasteiger charge is -2.06. The van der Waals surface area contributed by atoms with Crippen LogP contribution in [0.15, 0.2) is 48.5 Å². The minimum Gasteiger partial charge on any atom is -0.494 e. The third-order valence-corrected chi connectivity index (χ3v) is 3.90. The Morgan fingerprint density at radius 2 is 1.96 bits per heavy atom. The number of hydrogen-bond donors (Lipinski definition) is 1. The molecule has 0 fully saturated rings. The van der Waals surface area contributed by atoms with E-state index in [-0.39, 0.29) is 5.91 Å². The lowest BCUT2D eigenvalue weighted by atomic mass is 10.2. The van der Waals surface area contributed by atoms with Crippen LogP contribution in [0.1, 0.15) is 24.5 Å². The van der Waals surface area contributed by atoms with Crippen LogP contribution in [0.4, 0.5) is 5.69 Å². The first-order valence-electron chi connectivity index (χ1n) is 7.56. The molecule has 2 aromatic rings. The van der Waals surface area contributed by atoms with E-state index in [0.29, 0.717) is 6.61 Å². The minimum absolute atomic E-state index is 0.138. The smallest absolute Gasteiger partial charge is 0.248 e. The van der Waals surface area contributed by atoms with E-state index in [1.54, 1.807) is 12.2 Å². The Labute approximate surface area is 150 Å². The van der Waals surface area contributed by atoms with Crippen molar-refractivity contribution in [3.8, 4) is 5.75 Å². The summed E-state index contributed by atoms with van der Waals surface area (Å²) in [7, 11) is 0. The number of aryl methyl sites for hydroxylation is 1. The second kappa shape index (κ2) is 8.72. The summed E-state index contributed by atoms with van der Waals surface area (Å²) in [5.41, 5.74) is 2.85. The first-order chi connectivity index (χ1) is 11.1. The van der Waals surface area contributed by atoms with E-state index in [4.69, 9.17) is 4.74 Å². The molecule has 0 heterocycles. The van der Waals surface area contributed by atoms with Crippen LogP contribution in [0.3, 0.4) is 0 Å². The fourth-order valence-electron chi connectivity index (χ4n) is 2.01. The largest absolute Gasteiger partial charge is 0.494 e. The number of ether oxygens (including phenoxy) is 1. The molecule has 0 spiro atoms. The Balaban J connectivity index is 1.95. The Kier molecular flexibility index (Phi) is 6.65. The number of halogens is 1. The molecule has 4 heteroatoms. The summed E-state index contributed by atoms with van der Waals surface area (Å²) in [6, 6.07) is 13.6. The third-order valence-electron chi connectivity index (χ3n) is 3.23. The highest BCUT2D eigenvalue weighted by Crippen LogP contribution is 2.18. The van der Waals surface area contributed by atoms with Crippen LogP contribution in [0, 0.1) is 10.5 Å². The van der Waals surface area contributed by atoms with Gasteiger partial charge in [-0.3, -0.25) is 4.79 Å². The third kappa shape index (κ3) is 5.71. The van der Waals surface area contributed by atoms with Gasteiger partial charge in [0.15, 0.2) is 0 Å². The summed E-state index contributed by atoms with van der Waals surface area (Å²) in [6.07, 6.45) is 4.32. The second-order valence-electron chi connectivity index (χ2n) is 5.20. The van der Waals surface area contributed by atoms with Gasteiger partial charge < -0.3 is 10.1 Å². The summed E-state index contributed by atoms with van der Waals surface area (Å²) in [6.45, 7) is 4.77. The molecule has 3 nitrogen and oxygen atoms in total. The zero-order valence-electron chi connectivity index (χ0n) is 13.3. The first kappa shape index (κ1) is 17.5. The van der Waals surface area contributed by atoms with Crippen LogP contribution in [-0.4, -0.2) is 12.5 Å². The van der Waals surface area contributed by atoms with Gasteiger partial charge in [0, 0.05) is 15.3 Å². The molecule has 0 radical (unpaired) electrons. The van der Waals surface area contributed by atoms with Crippen molar-refractivity contribution in [3.05, 3.63) is 63.2 Å². The van der Waals surface area contributed by atoms with Crippen LogP contribution in [0.2, 0.25) is 0 Å². The predicted molar refractivity (Wildman–Crippen MR) is 104 cm³/mol. The maximum atomic E-state index is 12.0. The van der Waals surface area contributed by atoms with E-state index < -0.39 is 0 Å². The maximum Gasteiger partial charge on any atom is 0.248 e. The molecule has 1 amide bonds. The minimum atomic E-state index is -0.138. The Hall–Kier alpha value is -1.82. The lowest BCUT2D eigenvalue weighted by molar-refractivity contribution is -0.111. The molecule has 1 N–H and O–H groups in total. The van der Waals surface area contributed by atoms with Gasteiger partial charge in [-0.2, -0.15) is 0 Å². The Morgan fingerprint density at radius 1 is 1.22 bits per heavy atom. The van der Waals surface area contributed by atoms with Crippen molar-refractivity contribution in [1.82, 2.24) is 0 Å². The molecule has 0 aliphatic carbocycles. The molecular weight excluding hydrogens is 401 g/mol. The highest BCUT2D eigenvalue weighted by Gasteiger charge is 2.02. The topological polar surface area (TPSA) is 38.3 Å². The molecule has 0 aliphatic heterocycles. The first-order valence-corrected chi connectivity index (χ1v) is 8.64. The Bertz CT molecular complexity index is 693. The molecule has 23 heavy (non-hydrogen) atoms. The van der Waals surface area contributed by atoms with Crippen LogP contribution >= 0.6 is 22.6 Å². The van der Waals surface area contributed by atoms with Crippen LogP contribution in [-0.2, 0) is 4.79 Å². The summed E-state index contributed by atoms with van der Waals surface area (Å²) >= 11 is 2.25. The van der Waals surface area contributed by atoms with Gasteiger partial charge in [0.2, 0.25) is 5.91 Å². The number of benzene rings is 2. The molecule has 0 unspecified atom stereocenters. The van der Waals surface area contributed by atoms with Gasteiger partial charge in [-0.05, 0) is 83.5 Å². The zero-order valence-corrected chi connectivity index (χ0v) is 15.5. The molecule has 0 saturated heterocycles. The van der Waals surface area contributed by atoms with E-state index in [0.717, 1.165) is 32.6 Å². The summed E-state index contributed by atoms with van der Waals surface area (Å²) in [4.78, 5) is 12.0. The van der Waals surface area contributed by atoms with E-state index in [9.17, 15) is 4.79 Å². The number of nitrogens with one attached hydrogen (secondary N) is 1. The van der Waals surface area contributed by atoms with Crippen molar-refractivity contribution in [2.24, 2.45) is 0 Å². The molecule has 2 rings (SSSR count). The van der Waals surface area contributed by atoms with Crippen LogP contribution in [0.25, 0.3) is 6.08 Å². The average Bonchev–Trinajstić information content (AvgIpc) is 2.54. The summed E-state index contributed by atoms with van der Waals surface area (Å²) in [5.74, 6) is 0.712. The molecule has 0 bridgehead atoms. The fraction of sp³-hybridized carbons (Fsp3) is 0.211. The molecule has 120 valence electrons. The van der Waals surface area contributed by atoms with Gasteiger partial charge in [0.05, 0.1) is 6.61 Å². The quantitative estimate of drug-likeness (QED) is 0.524. The van der Waals surface area contributed by atoms with Gasteiger partial charge in [0.1, 0.15) is 5.75 Å². The number of carbonyl (C=O) groups is 1. The van der Waals surface area contributed by atoms with Gasteiger partial charge >= 0.3 is 0 Å². The zero-order chi connectivity index (χ0) is 16.7. The fourth-order valence-corrected chi connectivity index (χ4v) is 2.66. The number of anilines is 1. The van der Waals surface area contributed by atoms with Crippen molar-refractivity contribution >= 4 is 40.3 Å². The number of rotatable bonds is 6. The predicted octanol–water partition coefficient (Wildman–Crippen LogP) is 5.04. The average molecular weight is 421 g/mol. The highest BCUT2D eigenvalue weighted by molar-refractivity contribution is 14.1. The van der Waals surface area contributed by atoms with Crippen molar-refractivity contribution < 1.29 is 9.53 Å². The maximum absolute atomic E-state index is 12.0. The molecule has 0 saturated carbocycles. The number of carbonyl (C=O) groups excluding carboxylic acids is 1. The SMILES string of the molecule is CCCOc1ccc(C=CC(=O)Nc2ccc(I)cc2C)cc1. The van der Waals surface area contributed by atoms with E-state index in [2.05, 4.69) is 34.8 Å². The summed E-state index contributed by atoms with van der Waals surface area (Å²) < 4.78 is 6.69. The molecule has 0 aliphatic rings. The van der Waals surface area contributed by atoms with Crippen molar-refractivity contribution in [2.45, 2.75) is 20.3 Å². The monoisotopic (exact) mass is 421 g/mol. The normalized spacial score (nSPS) is 10.7. The van der Waals surface area contributed by atoms with Gasteiger partial charge in [-0.15, -0.1) is 0 Å².